The van der Waals surface area contributed by atoms with Gasteiger partial charge in [-0.3, -0.25) is 4.79 Å². The third kappa shape index (κ3) is 3.84. The molecule has 0 aromatic heterocycles. The number of carbonyl (C=O) groups is 1. The summed E-state index contributed by atoms with van der Waals surface area (Å²) >= 11 is 1.70. The third-order valence-corrected chi connectivity index (χ3v) is 3.37. The molecule has 0 radical (unpaired) electrons. The molecule has 1 rings (SSSR count). The van der Waals surface area contributed by atoms with Crippen LogP contribution < -0.4 is 10.1 Å². The van der Waals surface area contributed by atoms with Crippen molar-refractivity contribution in [2.45, 2.75) is 19.4 Å². The Hall–Kier alpha value is -1.36. The van der Waals surface area contributed by atoms with Crippen LogP contribution in [-0.2, 0) is 0 Å². The quantitative estimate of drug-likeness (QED) is 0.832. The maximum Gasteiger partial charge on any atom is 0.251 e. The van der Waals surface area contributed by atoms with E-state index in [0.29, 0.717) is 11.3 Å². The molecular formula is C13H19NO3S. The molecule has 0 fully saturated rings. The molecule has 1 aromatic rings. The van der Waals surface area contributed by atoms with Gasteiger partial charge in [-0.05, 0) is 30.9 Å². The Balaban J connectivity index is 2.74. The Morgan fingerprint density at radius 2 is 2.28 bits per heavy atom. The Labute approximate surface area is 112 Å². The number of nitrogens with one attached hydrogen (secondary N) is 1. The number of amides is 1. The largest absolute Gasteiger partial charge is 0.504 e. The summed E-state index contributed by atoms with van der Waals surface area (Å²) in [5, 5.41) is 12.6. The number of hydrogen-bond donors (Lipinski definition) is 2. The highest BCUT2D eigenvalue weighted by Gasteiger charge is 2.13. The molecule has 0 saturated heterocycles. The lowest BCUT2D eigenvalue weighted by molar-refractivity contribution is 0.0939. The number of phenols is 1. The lowest BCUT2D eigenvalue weighted by atomic mass is 10.1. The minimum Gasteiger partial charge on any atom is -0.504 e. The van der Waals surface area contributed by atoms with E-state index >= 15 is 0 Å². The van der Waals surface area contributed by atoms with Crippen LogP contribution in [0.25, 0.3) is 0 Å². The Morgan fingerprint density at radius 3 is 2.78 bits per heavy atom. The summed E-state index contributed by atoms with van der Waals surface area (Å²) in [7, 11) is 1.47. The molecule has 1 amide bonds. The molecule has 4 nitrogen and oxygen atoms in total. The summed E-state index contributed by atoms with van der Waals surface area (Å²) in [4.78, 5) is 12.0. The van der Waals surface area contributed by atoms with Crippen molar-refractivity contribution in [2.24, 2.45) is 0 Å². The zero-order valence-corrected chi connectivity index (χ0v) is 11.7. The van der Waals surface area contributed by atoms with E-state index in [9.17, 15) is 9.90 Å². The highest BCUT2D eigenvalue weighted by Crippen LogP contribution is 2.26. The zero-order chi connectivity index (χ0) is 13.5. The molecule has 1 aromatic carbocycles. The molecule has 0 aliphatic carbocycles. The fourth-order valence-electron chi connectivity index (χ4n) is 1.56. The molecule has 0 heterocycles. The van der Waals surface area contributed by atoms with E-state index in [1.807, 2.05) is 13.2 Å². The molecule has 1 unspecified atom stereocenters. The fraction of sp³-hybridized carbons (Fsp3) is 0.462. The van der Waals surface area contributed by atoms with E-state index in [0.717, 1.165) is 12.2 Å². The second-order valence-electron chi connectivity index (χ2n) is 3.92. The lowest BCUT2D eigenvalue weighted by Crippen LogP contribution is -2.36. The molecule has 0 spiro atoms. The Kier molecular flexibility index (Phi) is 5.85. The van der Waals surface area contributed by atoms with Crippen LogP contribution in [0.3, 0.4) is 0 Å². The van der Waals surface area contributed by atoms with Gasteiger partial charge in [-0.25, -0.2) is 0 Å². The van der Waals surface area contributed by atoms with Gasteiger partial charge in [0.05, 0.1) is 7.11 Å². The summed E-state index contributed by atoms with van der Waals surface area (Å²) in [5.74, 6) is 1.05. The number of methoxy groups -OCH3 is 1. The number of aromatic hydroxyl groups is 1. The highest BCUT2D eigenvalue weighted by atomic mass is 32.2. The van der Waals surface area contributed by atoms with Crippen LogP contribution in [0.15, 0.2) is 18.2 Å². The summed E-state index contributed by atoms with van der Waals surface area (Å²) in [6.45, 7) is 2.03. The van der Waals surface area contributed by atoms with Gasteiger partial charge in [0.15, 0.2) is 11.5 Å². The first kappa shape index (κ1) is 14.7. The fourth-order valence-corrected chi connectivity index (χ4v) is 2.28. The van der Waals surface area contributed by atoms with Crippen LogP contribution in [0.1, 0.15) is 23.7 Å². The van der Waals surface area contributed by atoms with Crippen molar-refractivity contribution in [1.29, 1.82) is 0 Å². The van der Waals surface area contributed by atoms with Gasteiger partial charge >= 0.3 is 0 Å². The van der Waals surface area contributed by atoms with Crippen molar-refractivity contribution in [3.05, 3.63) is 23.8 Å². The molecule has 18 heavy (non-hydrogen) atoms. The zero-order valence-electron chi connectivity index (χ0n) is 10.9. The number of phenolic OH excluding ortho intramolecular Hbond substituents is 1. The standard InChI is InChI=1S/C13H19NO3S/c1-4-10(8-18-3)14-13(16)9-5-6-12(17-2)11(15)7-9/h5-7,10,15H,4,8H2,1-3H3,(H,14,16). The molecule has 0 bridgehead atoms. The van der Waals surface area contributed by atoms with Gasteiger partial charge in [0.25, 0.3) is 5.91 Å². The van der Waals surface area contributed by atoms with Crippen LogP contribution in [0.2, 0.25) is 0 Å². The predicted molar refractivity (Wildman–Crippen MR) is 74.6 cm³/mol. The molecular weight excluding hydrogens is 250 g/mol. The first-order chi connectivity index (χ1) is 8.62. The molecule has 0 aliphatic rings. The van der Waals surface area contributed by atoms with Crippen molar-refractivity contribution in [1.82, 2.24) is 5.32 Å². The van der Waals surface area contributed by atoms with Crippen LogP contribution in [0, 0.1) is 0 Å². The van der Waals surface area contributed by atoms with E-state index in [2.05, 4.69) is 5.32 Å². The van der Waals surface area contributed by atoms with Crippen LogP contribution in [0.5, 0.6) is 11.5 Å². The second kappa shape index (κ2) is 7.16. The van der Waals surface area contributed by atoms with Gasteiger partial charge in [-0.2, -0.15) is 11.8 Å². The van der Waals surface area contributed by atoms with Crippen molar-refractivity contribution >= 4 is 17.7 Å². The molecule has 2 N–H and O–H groups in total. The third-order valence-electron chi connectivity index (χ3n) is 2.64. The van der Waals surface area contributed by atoms with Gasteiger partial charge in [0.2, 0.25) is 0 Å². The van der Waals surface area contributed by atoms with E-state index in [-0.39, 0.29) is 17.7 Å². The minimum absolute atomic E-state index is 0.0249. The smallest absolute Gasteiger partial charge is 0.251 e. The molecule has 0 aliphatic heterocycles. The first-order valence-electron chi connectivity index (χ1n) is 5.79. The Morgan fingerprint density at radius 1 is 1.56 bits per heavy atom. The Bertz CT molecular complexity index is 409. The average molecular weight is 269 g/mol. The van der Waals surface area contributed by atoms with Gasteiger partial charge < -0.3 is 15.2 Å². The SMILES string of the molecule is CCC(CSC)NC(=O)c1ccc(OC)c(O)c1. The van der Waals surface area contributed by atoms with Crippen LogP contribution >= 0.6 is 11.8 Å². The van der Waals surface area contributed by atoms with Crippen molar-refractivity contribution in [2.75, 3.05) is 19.1 Å². The van der Waals surface area contributed by atoms with E-state index in [4.69, 9.17) is 4.74 Å². The summed E-state index contributed by atoms with van der Waals surface area (Å²) < 4.78 is 4.94. The van der Waals surface area contributed by atoms with E-state index < -0.39 is 0 Å². The van der Waals surface area contributed by atoms with E-state index in [1.54, 1.807) is 23.9 Å². The minimum atomic E-state index is -0.172. The van der Waals surface area contributed by atoms with Crippen LogP contribution in [0.4, 0.5) is 0 Å². The monoisotopic (exact) mass is 269 g/mol. The summed E-state index contributed by atoms with van der Waals surface area (Å²) in [5.41, 5.74) is 0.438. The first-order valence-corrected chi connectivity index (χ1v) is 7.18. The summed E-state index contributed by atoms with van der Waals surface area (Å²) in [6.07, 6.45) is 2.89. The number of carbonyl (C=O) groups excluding carboxylic acids is 1. The second-order valence-corrected chi connectivity index (χ2v) is 4.83. The number of ether oxygens (including phenoxy) is 1. The molecule has 1 atom stereocenters. The maximum absolute atomic E-state index is 12.0. The molecule has 5 heteroatoms. The lowest BCUT2D eigenvalue weighted by Gasteiger charge is -2.16. The topological polar surface area (TPSA) is 58.6 Å². The van der Waals surface area contributed by atoms with E-state index in [1.165, 1.54) is 13.2 Å². The van der Waals surface area contributed by atoms with Gasteiger partial charge in [0, 0.05) is 17.4 Å². The van der Waals surface area contributed by atoms with Crippen molar-refractivity contribution in [3.8, 4) is 11.5 Å². The van der Waals surface area contributed by atoms with Crippen molar-refractivity contribution < 1.29 is 14.6 Å². The average Bonchev–Trinajstić information content (AvgIpc) is 2.37. The van der Waals surface area contributed by atoms with Crippen molar-refractivity contribution in [3.63, 3.8) is 0 Å². The predicted octanol–water partition coefficient (Wildman–Crippen LogP) is 2.27. The molecule has 100 valence electrons. The van der Waals surface area contributed by atoms with Gasteiger partial charge in [0.1, 0.15) is 0 Å². The highest BCUT2D eigenvalue weighted by molar-refractivity contribution is 7.98. The number of rotatable bonds is 6. The number of hydrogen-bond acceptors (Lipinski definition) is 4. The number of benzene rings is 1. The maximum atomic E-state index is 12.0. The summed E-state index contributed by atoms with van der Waals surface area (Å²) in [6, 6.07) is 4.79. The normalized spacial score (nSPS) is 11.9. The molecule has 0 saturated carbocycles. The van der Waals surface area contributed by atoms with Gasteiger partial charge in [-0.1, -0.05) is 6.92 Å². The van der Waals surface area contributed by atoms with Gasteiger partial charge in [-0.15, -0.1) is 0 Å². The number of thioether (sulfide) groups is 1. The van der Waals surface area contributed by atoms with Crippen LogP contribution in [-0.4, -0.2) is 36.2 Å².